The number of amides is 1. The number of pyridine rings is 1. The van der Waals surface area contributed by atoms with Crippen LogP contribution in [0.4, 0.5) is 0 Å². The van der Waals surface area contributed by atoms with Gasteiger partial charge in [0, 0.05) is 43.9 Å². The highest BCUT2D eigenvalue weighted by molar-refractivity contribution is 7.80. The van der Waals surface area contributed by atoms with Crippen LogP contribution in [0.5, 0.6) is 0 Å². The fourth-order valence-electron chi connectivity index (χ4n) is 2.78. The lowest BCUT2D eigenvalue weighted by molar-refractivity contribution is 0.0827. The first-order valence-corrected chi connectivity index (χ1v) is 8.64. The topological polar surface area (TPSA) is 88.5 Å². The average molecular weight is 380 g/mol. The van der Waals surface area contributed by atoms with Gasteiger partial charge in [-0.15, -0.1) is 0 Å². The number of fused-ring (bicyclic) bond motifs is 1. The molecule has 0 saturated carbocycles. The van der Waals surface area contributed by atoms with Crippen molar-refractivity contribution in [3.63, 3.8) is 0 Å². The zero-order valence-electron chi connectivity index (χ0n) is 15.3. The van der Waals surface area contributed by atoms with Crippen molar-refractivity contribution in [1.82, 2.24) is 19.9 Å². The lowest BCUT2D eigenvalue weighted by Gasteiger charge is -2.12. The Morgan fingerprint density at radius 1 is 1.33 bits per heavy atom. The summed E-state index contributed by atoms with van der Waals surface area (Å²) in [5, 5.41) is 5.03. The SMILES string of the molecule is CN(C)C(=O)c1ccc2c(/C=N/NC(N)=S)cc(-c3cccn3C)nc2c1. The zero-order valence-corrected chi connectivity index (χ0v) is 16.1. The maximum atomic E-state index is 12.3. The number of nitrogens with zero attached hydrogens (tertiary/aromatic N) is 4. The summed E-state index contributed by atoms with van der Waals surface area (Å²) in [6.45, 7) is 0. The van der Waals surface area contributed by atoms with Crippen molar-refractivity contribution in [3.8, 4) is 11.4 Å². The highest BCUT2D eigenvalue weighted by atomic mass is 32.1. The van der Waals surface area contributed by atoms with Gasteiger partial charge in [0.1, 0.15) is 0 Å². The molecule has 0 aliphatic rings. The summed E-state index contributed by atoms with van der Waals surface area (Å²) in [6.07, 6.45) is 3.60. The third-order valence-electron chi connectivity index (χ3n) is 4.08. The molecule has 1 aromatic carbocycles. The lowest BCUT2D eigenvalue weighted by atomic mass is 10.0. The molecule has 1 amide bonds. The standard InChI is InChI=1S/C19H20N6OS/c1-24(2)18(26)12-6-7-14-13(11-21-23-19(20)27)10-16(22-15(14)9-12)17-5-4-8-25(17)3/h4-11H,1-3H3,(H3,20,23,27)/b21-11+. The number of nitrogens with two attached hydrogens (primary N) is 1. The van der Waals surface area contributed by atoms with E-state index in [4.69, 9.17) is 22.9 Å². The Morgan fingerprint density at radius 2 is 2.11 bits per heavy atom. The second kappa shape index (κ2) is 7.55. The van der Waals surface area contributed by atoms with Crippen molar-refractivity contribution in [3.05, 3.63) is 53.7 Å². The predicted molar refractivity (Wildman–Crippen MR) is 112 cm³/mol. The van der Waals surface area contributed by atoms with Crippen molar-refractivity contribution in [2.45, 2.75) is 0 Å². The molecule has 3 N–H and O–H groups in total. The number of hydrogen-bond acceptors (Lipinski definition) is 4. The Bertz CT molecular complexity index is 1050. The van der Waals surface area contributed by atoms with Crippen LogP contribution in [0.1, 0.15) is 15.9 Å². The lowest BCUT2D eigenvalue weighted by Crippen LogP contribution is -2.24. The molecule has 27 heavy (non-hydrogen) atoms. The predicted octanol–water partition coefficient (Wildman–Crippen LogP) is 2.11. The van der Waals surface area contributed by atoms with Gasteiger partial charge in [0.15, 0.2) is 5.11 Å². The van der Waals surface area contributed by atoms with E-state index in [1.54, 1.807) is 32.4 Å². The van der Waals surface area contributed by atoms with Gasteiger partial charge >= 0.3 is 0 Å². The summed E-state index contributed by atoms with van der Waals surface area (Å²) in [5.41, 5.74) is 11.8. The molecule has 0 aliphatic heterocycles. The molecule has 138 valence electrons. The Kier molecular flexibility index (Phi) is 5.18. The fourth-order valence-corrected chi connectivity index (χ4v) is 2.83. The number of aromatic nitrogens is 2. The first-order valence-electron chi connectivity index (χ1n) is 8.23. The average Bonchev–Trinajstić information content (AvgIpc) is 3.05. The summed E-state index contributed by atoms with van der Waals surface area (Å²) >= 11 is 4.78. The molecular formula is C19H20N6OS. The number of carbonyl (C=O) groups is 1. The number of rotatable bonds is 4. The number of hydrazone groups is 1. The van der Waals surface area contributed by atoms with Crippen LogP contribution in [0.2, 0.25) is 0 Å². The Balaban J connectivity index is 2.18. The number of benzene rings is 1. The van der Waals surface area contributed by atoms with Crippen LogP contribution in [0.25, 0.3) is 22.3 Å². The molecule has 0 saturated heterocycles. The zero-order chi connectivity index (χ0) is 19.6. The van der Waals surface area contributed by atoms with Gasteiger partial charge in [-0.05, 0) is 42.5 Å². The number of thiocarbonyl (C=S) groups is 1. The number of aryl methyl sites for hydroxylation is 1. The van der Waals surface area contributed by atoms with Crippen molar-refractivity contribution in [1.29, 1.82) is 0 Å². The Labute approximate surface area is 162 Å². The van der Waals surface area contributed by atoms with Gasteiger partial charge in [0.2, 0.25) is 0 Å². The molecule has 0 atom stereocenters. The van der Waals surface area contributed by atoms with Crippen LogP contribution in [-0.4, -0.2) is 45.8 Å². The molecule has 3 aromatic rings. The normalized spacial score (nSPS) is 11.1. The van der Waals surface area contributed by atoms with Crippen molar-refractivity contribution in [2.24, 2.45) is 17.9 Å². The van der Waals surface area contributed by atoms with Crippen LogP contribution in [0.15, 0.2) is 47.7 Å². The number of carbonyl (C=O) groups excluding carboxylic acids is 1. The summed E-state index contributed by atoms with van der Waals surface area (Å²) in [5.74, 6) is -0.0756. The molecule has 0 unspecified atom stereocenters. The van der Waals surface area contributed by atoms with Crippen LogP contribution in [0.3, 0.4) is 0 Å². The van der Waals surface area contributed by atoms with Crippen LogP contribution < -0.4 is 11.2 Å². The Hall–Kier alpha value is -3.26. The summed E-state index contributed by atoms with van der Waals surface area (Å²) in [4.78, 5) is 18.6. The highest BCUT2D eigenvalue weighted by Gasteiger charge is 2.13. The van der Waals surface area contributed by atoms with Gasteiger partial charge in [0.05, 0.1) is 23.1 Å². The van der Waals surface area contributed by atoms with E-state index in [1.165, 1.54) is 4.90 Å². The molecule has 3 rings (SSSR count). The second-order valence-electron chi connectivity index (χ2n) is 6.27. The first kappa shape index (κ1) is 18.5. The van der Waals surface area contributed by atoms with E-state index in [0.29, 0.717) is 11.1 Å². The molecule has 7 nitrogen and oxygen atoms in total. The monoisotopic (exact) mass is 380 g/mol. The van der Waals surface area contributed by atoms with Crippen molar-refractivity contribution in [2.75, 3.05) is 14.1 Å². The molecule has 0 radical (unpaired) electrons. The molecular weight excluding hydrogens is 360 g/mol. The van der Waals surface area contributed by atoms with E-state index in [0.717, 1.165) is 22.3 Å². The first-order chi connectivity index (χ1) is 12.9. The van der Waals surface area contributed by atoms with Gasteiger partial charge in [-0.3, -0.25) is 10.2 Å². The van der Waals surface area contributed by atoms with E-state index in [-0.39, 0.29) is 11.0 Å². The van der Waals surface area contributed by atoms with E-state index in [1.807, 2.05) is 42.1 Å². The summed E-state index contributed by atoms with van der Waals surface area (Å²) < 4.78 is 1.98. The maximum absolute atomic E-state index is 12.3. The van der Waals surface area contributed by atoms with Gasteiger partial charge in [0.25, 0.3) is 5.91 Å². The minimum Gasteiger partial charge on any atom is -0.375 e. The van der Waals surface area contributed by atoms with Crippen LogP contribution in [-0.2, 0) is 7.05 Å². The van der Waals surface area contributed by atoms with Gasteiger partial charge in [-0.2, -0.15) is 5.10 Å². The van der Waals surface area contributed by atoms with Gasteiger partial charge in [-0.1, -0.05) is 6.07 Å². The van der Waals surface area contributed by atoms with Gasteiger partial charge in [-0.25, -0.2) is 4.98 Å². The third kappa shape index (κ3) is 3.95. The molecule has 2 heterocycles. The number of nitrogens with one attached hydrogen (secondary N) is 1. The van der Waals surface area contributed by atoms with E-state index >= 15 is 0 Å². The molecule has 0 fully saturated rings. The van der Waals surface area contributed by atoms with Crippen LogP contribution >= 0.6 is 12.2 Å². The largest absolute Gasteiger partial charge is 0.375 e. The maximum Gasteiger partial charge on any atom is 0.253 e. The molecule has 0 spiro atoms. The van der Waals surface area contributed by atoms with E-state index in [2.05, 4.69) is 10.5 Å². The minimum atomic E-state index is -0.0756. The van der Waals surface area contributed by atoms with Crippen molar-refractivity contribution >= 4 is 40.4 Å². The molecule has 0 bridgehead atoms. The fraction of sp³-hybridized carbons (Fsp3) is 0.158. The second-order valence-corrected chi connectivity index (χ2v) is 6.71. The third-order valence-corrected chi connectivity index (χ3v) is 4.17. The summed E-state index contributed by atoms with van der Waals surface area (Å²) in [7, 11) is 5.40. The molecule has 8 heteroatoms. The highest BCUT2D eigenvalue weighted by Crippen LogP contribution is 2.25. The molecule has 0 aliphatic carbocycles. The Morgan fingerprint density at radius 3 is 2.74 bits per heavy atom. The minimum absolute atomic E-state index is 0.0756. The molecule has 2 aromatic heterocycles. The summed E-state index contributed by atoms with van der Waals surface area (Å²) in [6, 6.07) is 11.3. The van der Waals surface area contributed by atoms with Crippen molar-refractivity contribution < 1.29 is 4.79 Å². The van der Waals surface area contributed by atoms with E-state index < -0.39 is 0 Å². The van der Waals surface area contributed by atoms with E-state index in [9.17, 15) is 4.79 Å². The van der Waals surface area contributed by atoms with Gasteiger partial charge < -0.3 is 15.2 Å². The smallest absolute Gasteiger partial charge is 0.253 e. The van der Waals surface area contributed by atoms with Crippen LogP contribution in [0, 0.1) is 0 Å². The quantitative estimate of drug-likeness (QED) is 0.411. The number of hydrogen-bond donors (Lipinski definition) is 2.